The van der Waals surface area contributed by atoms with Gasteiger partial charge in [-0.3, -0.25) is 4.79 Å². The van der Waals surface area contributed by atoms with Gasteiger partial charge in [0.25, 0.3) is 0 Å². The molecule has 1 aliphatic heterocycles. The molecule has 1 heterocycles. The quantitative estimate of drug-likeness (QED) is 0.666. The molecule has 15 heavy (non-hydrogen) atoms. The summed E-state index contributed by atoms with van der Waals surface area (Å²) in [5.41, 5.74) is -0.327. The van der Waals surface area contributed by atoms with Crippen LogP contribution in [-0.2, 0) is 9.53 Å². The fourth-order valence-corrected chi connectivity index (χ4v) is 1.48. The Balaban J connectivity index is 2.74. The highest BCUT2D eigenvalue weighted by Gasteiger charge is 2.42. The minimum Gasteiger partial charge on any atom is -0.378 e. The lowest BCUT2D eigenvalue weighted by molar-refractivity contribution is -0.150. The van der Waals surface area contributed by atoms with Crippen LogP contribution in [0.3, 0.4) is 0 Å². The van der Waals surface area contributed by atoms with E-state index in [0.717, 1.165) is 13.1 Å². The first kappa shape index (κ1) is 12.5. The van der Waals surface area contributed by atoms with Crippen LogP contribution >= 0.6 is 0 Å². The highest BCUT2D eigenvalue weighted by molar-refractivity contribution is 5.82. The Hall–Kier alpha value is -0.570. The molecule has 1 fully saturated rings. The molecular formula is C12H23NO2. The van der Waals surface area contributed by atoms with Gasteiger partial charge in [-0.25, -0.2) is 0 Å². The van der Waals surface area contributed by atoms with Gasteiger partial charge in [0.05, 0.1) is 13.2 Å². The average Bonchev–Trinajstić information content (AvgIpc) is 2.16. The van der Waals surface area contributed by atoms with Crippen molar-refractivity contribution in [2.75, 3.05) is 26.3 Å². The van der Waals surface area contributed by atoms with Gasteiger partial charge in [-0.1, -0.05) is 34.6 Å². The summed E-state index contributed by atoms with van der Waals surface area (Å²) >= 11 is 0. The molecule has 0 spiro atoms. The number of carbonyl (C=O) groups is 1. The van der Waals surface area contributed by atoms with Crippen LogP contribution < -0.4 is 0 Å². The second-order valence-electron chi connectivity index (χ2n) is 5.78. The van der Waals surface area contributed by atoms with E-state index in [-0.39, 0.29) is 16.7 Å². The number of hydrogen-bond donors (Lipinski definition) is 0. The molecule has 0 saturated carbocycles. The zero-order chi connectivity index (χ0) is 11.7. The molecule has 3 nitrogen and oxygen atoms in total. The maximum Gasteiger partial charge on any atom is 0.228 e. The van der Waals surface area contributed by atoms with Crippen molar-refractivity contribution in [1.29, 1.82) is 0 Å². The molecule has 1 rings (SSSR count). The van der Waals surface area contributed by atoms with Crippen LogP contribution in [0.5, 0.6) is 0 Å². The molecule has 1 amide bonds. The summed E-state index contributed by atoms with van der Waals surface area (Å²) in [5.74, 6) is 0.248. The van der Waals surface area contributed by atoms with Crippen molar-refractivity contribution in [3.63, 3.8) is 0 Å². The van der Waals surface area contributed by atoms with Gasteiger partial charge in [-0.15, -0.1) is 0 Å². The fraction of sp³-hybridized carbons (Fsp3) is 0.917. The number of rotatable bonds is 1. The predicted octanol–water partition coefficient (Wildman–Crippen LogP) is 1.92. The van der Waals surface area contributed by atoms with Crippen LogP contribution in [0.2, 0.25) is 0 Å². The summed E-state index contributed by atoms with van der Waals surface area (Å²) in [4.78, 5) is 14.3. The van der Waals surface area contributed by atoms with E-state index in [1.807, 2.05) is 18.7 Å². The van der Waals surface area contributed by atoms with Crippen molar-refractivity contribution >= 4 is 5.91 Å². The molecule has 1 saturated heterocycles. The number of hydrogen-bond acceptors (Lipinski definition) is 2. The second kappa shape index (κ2) is 4.12. The third-order valence-electron chi connectivity index (χ3n) is 3.71. The first-order valence-electron chi connectivity index (χ1n) is 5.64. The van der Waals surface area contributed by atoms with Crippen LogP contribution in [0.4, 0.5) is 0 Å². The monoisotopic (exact) mass is 213 g/mol. The molecule has 88 valence electrons. The first-order valence-corrected chi connectivity index (χ1v) is 5.64. The van der Waals surface area contributed by atoms with E-state index in [0.29, 0.717) is 13.2 Å². The van der Waals surface area contributed by atoms with E-state index in [2.05, 4.69) is 20.8 Å². The molecule has 0 unspecified atom stereocenters. The molecule has 0 aromatic carbocycles. The lowest BCUT2D eigenvalue weighted by Gasteiger charge is -2.42. The van der Waals surface area contributed by atoms with Crippen LogP contribution in [0.15, 0.2) is 0 Å². The largest absolute Gasteiger partial charge is 0.378 e. The summed E-state index contributed by atoms with van der Waals surface area (Å²) < 4.78 is 5.25. The standard InChI is InChI=1S/C12H23NO2/c1-11(2,3)12(4,5)10(14)13-6-8-15-9-7-13/h6-9H2,1-5H3. The summed E-state index contributed by atoms with van der Waals surface area (Å²) in [6, 6.07) is 0. The van der Waals surface area contributed by atoms with Crippen molar-refractivity contribution in [2.24, 2.45) is 10.8 Å². The predicted molar refractivity (Wildman–Crippen MR) is 60.6 cm³/mol. The van der Waals surface area contributed by atoms with Gasteiger partial charge in [0.2, 0.25) is 5.91 Å². The molecule has 1 aliphatic rings. The van der Waals surface area contributed by atoms with E-state index in [1.165, 1.54) is 0 Å². The number of morpholine rings is 1. The highest BCUT2D eigenvalue weighted by Crippen LogP contribution is 2.39. The zero-order valence-electron chi connectivity index (χ0n) is 10.6. The van der Waals surface area contributed by atoms with E-state index < -0.39 is 0 Å². The maximum absolute atomic E-state index is 12.3. The third-order valence-corrected chi connectivity index (χ3v) is 3.71. The minimum absolute atomic E-state index is 0.0115. The van der Waals surface area contributed by atoms with Gasteiger partial charge in [-0.2, -0.15) is 0 Å². The zero-order valence-corrected chi connectivity index (χ0v) is 10.6. The fourth-order valence-electron chi connectivity index (χ4n) is 1.48. The van der Waals surface area contributed by atoms with Crippen LogP contribution in [0.1, 0.15) is 34.6 Å². The lowest BCUT2D eigenvalue weighted by Crippen LogP contribution is -2.51. The molecule has 0 aliphatic carbocycles. The summed E-state index contributed by atoms with van der Waals surface area (Å²) in [7, 11) is 0. The summed E-state index contributed by atoms with van der Waals surface area (Å²) in [6.45, 7) is 13.2. The van der Waals surface area contributed by atoms with Gasteiger partial charge in [-0.05, 0) is 5.41 Å². The van der Waals surface area contributed by atoms with Crippen molar-refractivity contribution in [3.05, 3.63) is 0 Å². The number of carbonyl (C=O) groups excluding carboxylic acids is 1. The van der Waals surface area contributed by atoms with Gasteiger partial charge < -0.3 is 9.64 Å². The van der Waals surface area contributed by atoms with Crippen molar-refractivity contribution in [3.8, 4) is 0 Å². The van der Waals surface area contributed by atoms with Crippen molar-refractivity contribution in [2.45, 2.75) is 34.6 Å². The average molecular weight is 213 g/mol. The van der Waals surface area contributed by atoms with Gasteiger partial charge >= 0.3 is 0 Å². The van der Waals surface area contributed by atoms with E-state index in [9.17, 15) is 4.79 Å². The van der Waals surface area contributed by atoms with Crippen LogP contribution in [-0.4, -0.2) is 37.1 Å². The number of ether oxygens (including phenoxy) is 1. The molecule has 0 aromatic rings. The molecule has 0 N–H and O–H groups in total. The Labute approximate surface area is 92.8 Å². The number of nitrogens with zero attached hydrogens (tertiary/aromatic N) is 1. The Bertz CT molecular complexity index is 234. The molecular weight excluding hydrogens is 190 g/mol. The SMILES string of the molecule is CC(C)(C)C(C)(C)C(=O)N1CCOCC1. The maximum atomic E-state index is 12.3. The molecule has 0 bridgehead atoms. The van der Waals surface area contributed by atoms with E-state index in [4.69, 9.17) is 4.74 Å². The van der Waals surface area contributed by atoms with E-state index in [1.54, 1.807) is 0 Å². The Morgan fingerprint density at radius 1 is 1.07 bits per heavy atom. The van der Waals surface area contributed by atoms with Crippen molar-refractivity contribution in [1.82, 2.24) is 4.90 Å². The van der Waals surface area contributed by atoms with E-state index >= 15 is 0 Å². The Kier molecular flexibility index (Phi) is 3.44. The second-order valence-corrected chi connectivity index (χ2v) is 5.78. The normalized spacial score (nSPS) is 19.1. The smallest absolute Gasteiger partial charge is 0.228 e. The Morgan fingerprint density at radius 3 is 1.93 bits per heavy atom. The highest BCUT2D eigenvalue weighted by atomic mass is 16.5. The minimum atomic E-state index is -0.315. The van der Waals surface area contributed by atoms with Crippen LogP contribution in [0, 0.1) is 10.8 Å². The van der Waals surface area contributed by atoms with Gasteiger partial charge in [0.15, 0.2) is 0 Å². The topological polar surface area (TPSA) is 29.5 Å². The summed E-state index contributed by atoms with van der Waals surface area (Å²) in [5, 5.41) is 0. The molecule has 0 radical (unpaired) electrons. The van der Waals surface area contributed by atoms with Crippen molar-refractivity contribution < 1.29 is 9.53 Å². The lowest BCUT2D eigenvalue weighted by atomic mass is 9.68. The molecule has 0 atom stereocenters. The third kappa shape index (κ3) is 2.51. The first-order chi connectivity index (χ1) is 6.77. The van der Waals surface area contributed by atoms with Gasteiger partial charge in [0.1, 0.15) is 0 Å². The number of amides is 1. The summed E-state index contributed by atoms with van der Waals surface area (Å²) in [6.07, 6.45) is 0. The van der Waals surface area contributed by atoms with Crippen LogP contribution in [0.25, 0.3) is 0 Å². The molecule has 3 heteroatoms. The van der Waals surface area contributed by atoms with Gasteiger partial charge in [0, 0.05) is 18.5 Å². The Morgan fingerprint density at radius 2 is 1.53 bits per heavy atom. The molecule has 0 aromatic heterocycles.